The van der Waals surface area contributed by atoms with Crippen LogP contribution in [0, 0.1) is 0 Å². The minimum atomic E-state index is -0.430. The highest BCUT2D eigenvalue weighted by Gasteiger charge is 2.32. The summed E-state index contributed by atoms with van der Waals surface area (Å²) in [4.78, 5) is 27.9. The van der Waals surface area contributed by atoms with Crippen LogP contribution >= 0.6 is 0 Å². The third-order valence-corrected chi connectivity index (χ3v) is 4.90. The van der Waals surface area contributed by atoms with Gasteiger partial charge in [-0.25, -0.2) is 4.79 Å². The van der Waals surface area contributed by atoms with Gasteiger partial charge >= 0.3 is 6.09 Å². The molecule has 6 nitrogen and oxygen atoms in total. The van der Waals surface area contributed by atoms with Crippen molar-refractivity contribution in [2.75, 3.05) is 29.3 Å². The van der Waals surface area contributed by atoms with Gasteiger partial charge in [-0.3, -0.25) is 9.69 Å². The maximum absolute atomic E-state index is 13.0. The van der Waals surface area contributed by atoms with Gasteiger partial charge in [0, 0.05) is 30.2 Å². The Kier molecular flexibility index (Phi) is 5.35. The molecule has 0 fully saturated rings. The summed E-state index contributed by atoms with van der Waals surface area (Å²) in [5.41, 5.74) is 3.74. The first-order chi connectivity index (χ1) is 12.9. The topological polar surface area (TPSA) is 61.9 Å². The lowest BCUT2D eigenvalue weighted by Gasteiger charge is -2.27. The van der Waals surface area contributed by atoms with Gasteiger partial charge in [0.05, 0.1) is 7.11 Å². The second-order valence-electron chi connectivity index (χ2n) is 6.83. The molecule has 2 amide bonds. The second-order valence-corrected chi connectivity index (χ2v) is 6.83. The third-order valence-electron chi connectivity index (χ3n) is 4.90. The van der Waals surface area contributed by atoms with Crippen LogP contribution < -0.4 is 15.1 Å². The zero-order valence-electron chi connectivity index (χ0n) is 16.1. The van der Waals surface area contributed by atoms with Gasteiger partial charge in [-0.05, 0) is 56.2 Å². The molecule has 2 aromatic carbocycles. The van der Waals surface area contributed by atoms with Crippen LogP contribution in [0.5, 0.6) is 0 Å². The van der Waals surface area contributed by atoms with Crippen molar-refractivity contribution in [3.63, 3.8) is 0 Å². The van der Waals surface area contributed by atoms with E-state index in [0.717, 1.165) is 17.8 Å². The zero-order valence-corrected chi connectivity index (χ0v) is 16.1. The summed E-state index contributed by atoms with van der Waals surface area (Å²) in [6.07, 6.45) is 0.448. The number of carbonyl (C=O) groups excluding carboxylic acids is 2. The van der Waals surface area contributed by atoms with Gasteiger partial charge in [-0.2, -0.15) is 0 Å². The molecule has 0 unspecified atom stereocenters. The molecule has 1 heterocycles. The van der Waals surface area contributed by atoms with E-state index in [4.69, 9.17) is 4.74 Å². The normalized spacial score (nSPS) is 16.4. The van der Waals surface area contributed by atoms with Crippen LogP contribution in [-0.2, 0) is 16.0 Å². The van der Waals surface area contributed by atoms with Crippen molar-refractivity contribution in [3.05, 3.63) is 54.1 Å². The van der Waals surface area contributed by atoms with Gasteiger partial charge < -0.3 is 15.0 Å². The molecule has 0 bridgehead atoms. The molecule has 2 aromatic rings. The lowest BCUT2D eigenvalue weighted by atomic mass is 10.1. The summed E-state index contributed by atoms with van der Waals surface area (Å²) >= 11 is 0. The van der Waals surface area contributed by atoms with E-state index in [9.17, 15) is 9.59 Å². The lowest BCUT2D eigenvalue weighted by molar-refractivity contribution is -0.119. The Labute approximate surface area is 159 Å². The second kappa shape index (κ2) is 7.70. The van der Waals surface area contributed by atoms with E-state index in [1.54, 1.807) is 7.05 Å². The molecule has 0 spiro atoms. The fourth-order valence-electron chi connectivity index (χ4n) is 3.45. The van der Waals surface area contributed by atoms with Crippen LogP contribution in [0.15, 0.2) is 48.5 Å². The Morgan fingerprint density at radius 1 is 1.19 bits per heavy atom. The van der Waals surface area contributed by atoms with Crippen LogP contribution in [0.3, 0.4) is 0 Å². The molecule has 6 heteroatoms. The largest absolute Gasteiger partial charge is 0.452 e. The van der Waals surface area contributed by atoms with Crippen molar-refractivity contribution < 1.29 is 14.3 Å². The number of hydrogen-bond acceptors (Lipinski definition) is 4. The molecule has 1 aliphatic heterocycles. The van der Waals surface area contributed by atoms with E-state index in [-0.39, 0.29) is 18.0 Å². The Bertz CT molecular complexity index is 835. The summed E-state index contributed by atoms with van der Waals surface area (Å²) in [6.45, 7) is 3.94. The molecule has 0 saturated carbocycles. The van der Waals surface area contributed by atoms with E-state index in [0.29, 0.717) is 5.69 Å². The predicted molar refractivity (Wildman–Crippen MR) is 107 cm³/mol. The molecule has 1 aliphatic rings. The molecule has 0 saturated heterocycles. The average molecular weight is 367 g/mol. The summed E-state index contributed by atoms with van der Waals surface area (Å²) in [7, 11) is 2.99. The lowest BCUT2D eigenvalue weighted by Crippen LogP contribution is -2.44. The predicted octanol–water partition coefficient (Wildman–Crippen LogP) is 3.67. The number of rotatable bonds is 4. The Hall–Kier alpha value is -3.02. The van der Waals surface area contributed by atoms with E-state index in [1.807, 2.05) is 54.3 Å². The highest BCUT2D eigenvalue weighted by atomic mass is 16.5. The number of para-hydroxylation sites is 1. The van der Waals surface area contributed by atoms with Crippen LogP contribution in [0.4, 0.5) is 21.9 Å². The van der Waals surface area contributed by atoms with E-state index in [2.05, 4.69) is 18.3 Å². The van der Waals surface area contributed by atoms with Crippen molar-refractivity contribution in [1.29, 1.82) is 0 Å². The van der Waals surface area contributed by atoms with Gasteiger partial charge in [-0.1, -0.05) is 18.2 Å². The number of ether oxygens (including phenoxy) is 1. The van der Waals surface area contributed by atoms with Crippen LogP contribution in [0.2, 0.25) is 0 Å². The van der Waals surface area contributed by atoms with Gasteiger partial charge in [0.2, 0.25) is 5.91 Å². The monoisotopic (exact) mass is 367 g/mol. The Morgan fingerprint density at radius 3 is 2.52 bits per heavy atom. The summed E-state index contributed by atoms with van der Waals surface area (Å²) in [5, 5.41) is 3.25. The smallest absolute Gasteiger partial charge is 0.413 e. The molecule has 27 heavy (non-hydrogen) atoms. The fraction of sp³-hybridized carbons (Fsp3) is 0.333. The number of amides is 2. The number of carbonyl (C=O) groups is 2. The van der Waals surface area contributed by atoms with E-state index < -0.39 is 6.09 Å². The summed E-state index contributed by atoms with van der Waals surface area (Å²) < 4.78 is 4.71. The highest BCUT2D eigenvalue weighted by Crippen LogP contribution is 2.32. The first-order valence-corrected chi connectivity index (χ1v) is 9.01. The standard InChI is InChI=1S/C21H25N3O3/c1-14-13-16-7-5-6-8-19(16)24(14)20(25)15(2)22-17-9-11-18(12-10-17)23(3)21(26)27-4/h5-12,14-15,22H,13H2,1-4H3/t14-,15-/m1/s1. The first-order valence-electron chi connectivity index (χ1n) is 9.01. The van der Waals surface area contributed by atoms with Gasteiger partial charge in [0.25, 0.3) is 0 Å². The molecular weight excluding hydrogens is 342 g/mol. The fourth-order valence-corrected chi connectivity index (χ4v) is 3.45. The first kappa shape index (κ1) is 18.8. The molecule has 3 rings (SSSR count). The average Bonchev–Trinajstić information content (AvgIpc) is 3.02. The molecule has 2 atom stereocenters. The molecule has 1 N–H and O–H groups in total. The minimum Gasteiger partial charge on any atom is -0.452 e. The van der Waals surface area contributed by atoms with Crippen LogP contribution in [0.25, 0.3) is 0 Å². The highest BCUT2D eigenvalue weighted by molar-refractivity contribution is 6.00. The molecule has 142 valence electrons. The molecule has 0 radical (unpaired) electrons. The molecule has 0 aromatic heterocycles. The SMILES string of the molecule is COC(=O)N(C)c1ccc(N[C@H](C)C(=O)N2c3ccccc3C[C@H]2C)cc1. The maximum Gasteiger partial charge on any atom is 0.413 e. The van der Waals surface area contributed by atoms with Crippen molar-refractivity contribution >= 4 is 29.1 Å². The van der Waals surface area contributed by atoms with E-state index in [1.165, 1.54) is 17.6 Å². The minimum absolute atomic E-state index is 0.0446. The Morgan fingerprint density at radius 2 is 1.85 bits per heavy atom. The number of fused-ring (bicyclic) bond motifs is 1. The zero-order chi connectivity index (χ0) is 19.6. The number of anilines is 3. The number of hydrogen-bond donors (Lipinski definition) is 1. The number of nitrogens with one attached hydrogen (secondary N) is 1. The Balaban J connectivity index is 1.69. The van der Waals surface area contributed by atoms with Crippen molar-refractivity contribution in [1.82, 2.24) is 0 Å². The van der Waals surface area contributed by atoms with Gasteiger partial charge in [0.15, 0.2) is 0 Å². The number of benzene rings is 2. The third kappa shape index (κ3) is 3.74. The maximum atomic E-state index is 13.0. The number of nitrogens with zero attached hydrogens (tertiary/aromatic N) is 2. The van der Waals surface area contributed by atoms with E-state index >= 15 is 0 Å². The quantitative estimate of drug-likeness (QED) is 0.896. The van der Waals surface area contributed by atoms with Gasteiger partial charge in [0.1, 0.15) is 6.04 Å². The van der Waals surface area contributed by atoms with Crippen molar-refractivity contribution in [2.45, 2.75) is 32.4 Å². The molecule has 0 aliphatic carbocycles. The van der Waals surface area contributed by atoms with Crippen LogP contribution in [-0.4, -0.2) is 38.2 Å². The van der Waals surface area contributed by atoms with Crippen molar-refractivity contribution in [3.8, 4) is 0 Å². The van der Waals surface area contributed by atoms with Crippen molar-refractivity contribution in [2.24, 2.45) is 0 Å². The molecular formula is C21H25N3O3. The summed E-state index contributed by atoms with van der Waals surface area (Å²) in [5.74, 6) is 0.0446. The number of methoxy groups -OCH3 is 1. The van der Waals surface area contributed by atoms with Gasteiger partial charge in [-0.15, -0.1) is 0 Å². The summed E-state index contributed by atoms with van der Waals surface area (Å²) in [6, 6.07) is 15.1. The van der Waals surface area contributed by atoms with Crippen LogP contribution in [0.1, 0.15) is 19.4 Å².